The fourth-order valence-corrected chi connectivity index (χ4v) is 3.20. The number of hydrogen-bond donors (Lipinski definition) is 3. The molecule has 0 amide bonds. The zero-order valence-electron chi connectivity index (χ0n) is 14.3. The first-order valence-corrected chi connectivity index (χ1v) is 8.73. The summed E-state index contributed by atoms with van der Waals surface area (Å²) in [5.74, 6) is 2.00. The topological polar surface area (TPSA) is 94.4 Å². The highest BCUT2D eigenvalue weighted by Crippen LogP contribution is 2.22. The number of hydrogen-bond acceptors (Lipinski definition) is 7. The maximum Gasteiger partial charge on any atom is 0.150 e. The standard InChI is InChI=1S/C18H25N5O2/c24-12-16(13-25)23-7-4-14(5-8-23)9-15-10-21-18(11-20-15)22-17-3-1-2-6-19-17/h1-3,6,10-11,14,16,24-25H,4-5,7-9,12-13H2,(H,19,21,22). The molecule has 1 saturated heterocycles. The van der Waals surface area contributed by atoms with E-state index in [-0.39, 0.29) is 19.3 Å². The molecule has 7 nitrogen and oxygen atoms in total. The van der Waals surface area contributed by atoms with E-state index in [0.717, 1.165) is 43.9 Å². The molecule has 0 aliphatic carbocycles. The van der Waals surface area contributed by atoms with Crippen LogP contribution in [0.3, 0.4) is 0 Å². The van der Waals surface area contributed by atoms with Crippen LogP contribution in [0.4, 0.5) is 11.6 Å². The summed E-state index contributed by atoms with van der Waals surface area (Å²) in [6.45, 7) is 1.83. The number of likely N-dealkylation sites (tertiary alicyclic amines) is 1. The van der Waals surface area contributed by atoms with Crippen LogP contribution in [0.1, 0.15) is 18.5 Å². The third-order valence-electron chi connectivity index (χ3n) is 4.71. The average molecular weight is 343 g/mol. The Labute approximate surface area is 147 Å². The Balaban J connectivity index is 1.49. The van der Waals surface area contributed by atoms with Crippen LogP contribution in [0.5, 0.6) is 0 Å². The number of piperidine rings is 1. The second-order valence-electron chi connectivity index (χ2n) is 6.44. The highest BCUT2D eigenvalue weighted by atomic mass is 16.3. The molecule has 2 aromatic heterocycles. The minimum absolute atomic E-state index is 0.0113. The molecule has 134 valence electrons. The number of aliphatic hydroxyl groups is 2. The Hall–Kier alpha value is -2.09. The van der Waals surface area contributed by atoms with Gasteiger partial charge >= 0.3 is 0 Å². The van der Waals surface area contributed by atoms with Gasteiger partial charge in [-0.15, -0.1) is 0 Å². The van der Waals surface area contributed by atoms with Crippen molar-refractivity contribution in [1.29, 1.82) is 0 Å². The number of aliphatic hydroxyl groups excluding tert-OH is 2. The summed E-state index contributed by atoms with van der Waals surface area (Å²) in [6, 6.07) is 5.55. The lowest BCUT2D eigenvalue weighted by molar-refractivity contribution is 0.0493. The zero-order chi connectivity index (χ0) is 17.5. The molecule has 0 saturated carbocycles. The average Bonchev–Trinajstić information content (AvgIpc) is 2.66. The largest absolute Gasteiger partial charge is 0.395 e. The van der Waals surface area contributed by atoms with Gasteiger partial charge in [-0.25, -0.2) is 9.97 Å². The molecular formula is C18H25N5O2. The lowest BCUT2D eigenvalue weighted by atomic mass is 9.91. The van der Waals surface area contributed by atoms with Gasteiger partial charge in [-0.3, -0.25) is 9.88 Å². The Morgan fingerprint density at radius 1 is 1.04 bits per heavy atom. The van der Waals surface area contributed by atoms with Crippen molar-refractivity contribution in [3.63, 3.8) is 0 Å². The summed E-state index contributed by atoms with van der Waals surface area (Å²) in [5, 5.41) is 21.7. The van der Waals surface area contributed by atoms with Gasteiger partial charge < -0.3 is 15.5 Å². The van der Waals surface area contributed by atoms with E-state index in [2.05, 4.69) is 25.2 Å². The van der Waals surface area contributed by atoms with Crippen molar-refractivity contribution in [2.45, 2.75) is 25.3 Å². The van der Waals surface area contributed by atoms with Crippen molar-refractivity contribution in [2.24, 2.45) is 5.92 Å². The number of rotatable bonds is 7. The predicted octanol–water partition coefficient (Wildman–Crippen LogP) is 1.22. The van der Waals surface area contributed by atoms with Crippen molar-refractivity contribution in [2.75, 3.05) is 31.6 Å². The SMILES string of the molecule is OCC(CO)N1CCC(Cc2cnc(Nc3ccccn3)cn2)CC1. The Kier molecular flexibility index (Phi) is 6.27. The van der Waals surface area contributed by atoms with Crippen LogP contribution in [-0.4, -0.2) is 62.4 Å². The van der Waals surface area contributed by atoms with E-state index in [1.807, 2.05) is 24.4 Å². The van der Waals surface area contributed by atoms with Gasteiger partial charge in [-0.2, -0.15) is 0 Å². The van der Waals surface area contributed by atoms with Crippen molar-refractivity contribution >= 4 is 11.6 Å². The molecule has 3 rings (SSSR count). The molecule has 1 fully saturated rings. The van der Waals surface area contributed by atoms with E-state index < -0.39 is 0 Å². The smallest absolute Gasteiger partial charge is 0.150 e. The van der Waals surface area contributed by atoms with E-state index in [1.54, 1.807) is 12.4 Å². The van der Waals surface area contributed by atoms with Crippen LogP contribution < -0.4 is 5.32 Å². The molecule has 0 radical (unpaired) electrons. The number of nitrogens with zero attached hydrogens (tertiary/aromatic N) is 4. The highest BCUT2D eigenvalue weighted by molar-refractivity contribution is 5.49. The lowest BCUT2D eigenvalue weighted by Gasteiger charge is -2.36. The summed E-state index contributed by atoms with van der Waals surface area (Å²) in [7, 11) is 0. The predicted molar refractivity (Wildman–Crippen MR) is 95.5 cm³/mol. The molecule has 0 atom stereocenters. The van der Waals surface area contributed by atoms with Crippen molar-refractivity contribution in [1.82, 2.24) is 19.9 Å². The molecule has 0 unspecified atom stereocenters. The third-order valence-corrected chi connectivity index (χ3v) is 4.71. The second-order valence-corrected chi connectivity index (χ2v) is 6.44. The van der Waals surface area contributed by atoms with E-state index in [0.29, 0.717) is 11.7 Å². The van der Waals surface area contributed by atoms with Gasteiger partial charge in [0.25, 0.3) is 0 Å². The Morgan fingerprint density at radius 2 is 1.84 bits per heavy atom. The van der Waals surface area contributed by atoms with Crippen LogP contribution in [-0.2, 0) is 6.42 Å². The normalized spacial score (nSPS) is 16.3. The number of pyridine rings is 1. The van der Waals surface area contributed by atoms with E-state index in [9.17, 15) is 10.2 Å². The fraction of sp³-hybridized carbons (Fsp3) is 0.500. The van der Waals surface area contributed by atoms with Gasteiger partial charge in [-0.05, 0) is 50.4 Å². The first kappa shape index (κ1) is 17.7. The maximum atomic E-state index is 9.28. The van der Waals surface area contributed by atoms with Crippen LogP contribution >= 0.6 is 0 Å². The van der Waals surface area contributed by atoms with Crippen molar-refractivity contribution < 1.29 is 10.2 Å². The molecule has 0 bridgehead atoms. The van der Waals surface area contributed by atoms with Gasteiger partial charge in [0.05, 0.1) is 37.3 Å². The van der Waals surface area contributed by atoms with Crippen LogP contribution in [0, 0.1) is 5.92 Å². The quantitative estimate of drug-likeness (QED) is 0.696. The number of nitrogens with one attached hydrogen (secondary N) is 1. The number of aromatic nitrogens is 3. The van der Waals surface area contributed by atoms with Crippen molar-refractivity contribution in [3.05, 3.63) is 42.5 Å². The summed E-state index contributed by atoms with van der Waals surface area (Å²) < 4.78 is 0. The minimum Gasteiger partial charge on any atom is -0.395 e. The van der Waals surface area contributed by atoms with E-state index >= 15 is 0 Å². The van der Waals surface area contributed by atoms with Gasteiger partial charge in [-0.1, -0.05) is 6.07 Å². The second kappa shape index (κ2) is 8.84. The molecule has 7 heteroatoms. The molecule has 3 heterocycles. The van der Waals surface area contributed by atoms with Gasteiger partial charge in [0.1, 0.15) is 11.6 Å². The third kappa shape index (κ3) is 4.94. The molecule has 0 spiro atoms. The van der Waals surface area contributed by atoms with Crippen LogP contribution in [0.15, 0.2) is 36.8 Å². The maximum absolute atomic E-state index is 9.28. The van der Waals surface area contributed by atoms with Crippen LogP contribution in [0.25, 0.3) is 0 Å². The van der Waals surface area contributed by atoms with E-state index in [1.165, 1.54) is 0 Å². The molecule has 2 aromatic rings. The molecule has 1 aliphatic rings. The molecular weight excluding hydrogens is 318 g/mol. The molecule has 3 N–H and O–H groups in total. The first-order chi connectivity index (χ1) is 12.3. The lowest BCUT2D eigenvalue weighted by Crippen LogP contribution is -2.45. The minimum atomic E-state index is -0.127. The Morgan fingerprint density at radius 3 is 2.44 bits per heavy atom. The first-order valence-electron chi connectivity index (χ1n) is 8.73. The van der Waals surface area contributed by atoms with E-state index in [4.69, 9.17) is 0 Å². The summed E-state index contributed by atoms with van der Waals surface area (Å²) in [5.41, 5.74) is 0.992. The van der Waals surface area contributed by atoms with Crippen LogP contribution in [0.2, 0.25) is 0 Å². The monoisotopic (exact) mass is 343 g/mol. The van der Waals surface area contributed by atoms with Gasteiger partial charge in [0, 0.05) is 6.20 Å². The van der Waals surface area contributed by atoms with Crippen molar-refractivity contribution in [3.8, 4) is 0 Å². The van der Waals surface area contributed by atoms with Gasteiger partial charge in [0.15, 0.2) is 0 Å². The molecule has 1 aliphatic heterocycles. The Bertz CT molecular complexity index is 626. The fourth-order valence-electron chi connectivity index (χ4n) is 3.20. The van der Waals surface area contributed by atoms with Gasteiger partial charge in [0.2, 0.25) is 0 Å². The summed E-state index contributed by atoms with van der Waals surface area (Å²) in [4.78, 5) is 15.3. The number of anilines is 2. The molecule has 25 heavy (non-hydrogen) atoms. The molecule has 0 aromatic carbocycles. The summed E-state index contributed by atoms with van der Waals surface area (Å²) >= 11 is 0. The zero-order valence-corrected chi connectivity index (χ0v) is 14.3. The highest BCUT2D eigenvalue weighted by Gasteiger charge is 2.24. The summed E-state index contributed by atoms with van der Waals surface area (Å²) in [6.07, 6.45) is 8.30.